The van der Waals surface area contributed by atoms with Gasteiger partial charge in [-0.05, 0) is 47.3 Å². The average molecular weight is 358 g/mol. The quantitative estimate of drug-likeness (QED) is 0.780. The van der Waals surface area contributed by atoms with Gasteiger partial charge in [-0.1, -0.05) is 6.07 Å². The van der Waals surface area contributed by atoms with Gasteiger partial charge in [0.15, 0.2) is 0 Å². The Morgan fingerprint density at radius 2 is 2.19 bits per heavy atom. The maximum Gasteiger partial charge on any atom is 0.307 e. The number of hydrogen-bond donors (Lipinski definition) is 0. The molecule has 1 saturated heterocycles. The molecule has 1 aliphatic heterocycles. The number of hydrogen-bond acceptors (Lipinski definition) is 3. The lowest BCUT2D eigenvalue weighted by Crippen LogP contribution is -2.45. The first-order valence-corrected chi connectivity index (χ1v) is 7.65. The monoisotopic (exact) mass is 357 g/mol. The zero-order chi connectivity index (χ0) is 15.4. The number of carbonyl (C=O) groups is 2. The molecule has 0 bridgehead atoms. The molecule has 21 heavy (non-hydrogen) atoms. The molecule has 0 saturated carbocycles. The Balaban J connectivity index is 2.22. The van der Waals surface area contributed by atoms with Gasteiger partial charge in [0.1, 0.15) is 5.82 Å². The Kier molecular flexibility index (Phi) is 5.33. The fraction of sp³-hybridized carbons (Fsp3) is 0.467. The Morgan fingerprint density at radius 3 is 2.90 bits per heavy atom. The van der Waals surface area contributed by atoms with Crippen molar-refractivity contribution in [2.45, 2.75) is 31.7 Å². The second-order valence-corrected chi connectivity index (χ2v) is 5.82. The van der Waals surface area contributed by atoms with Gasteiger partial charge in [-0.25, -0.2) is 4.39 Å². The standard InChI is InChI=1S/C15H17BrFNO3/c1-21-13(19)9-10-5-2-3-8-18(10)15(20)11-6-4-7-12(17)14(11)16/h4,6-7,10H,2-3,5,8-9H2,1H3. The van der Waals surface area contributed by atoms with Crippen LogP contribution in [-0.2, 0) is 9.53 Å². The predicted octanol–water partition coefficient (Wildman–Crippen LogP) is 3.15. The molecule has 6 heteroatoms. The Bertz CT molecular complexity index is 550. The summed E-state index contributed by atoms with van der Waals surface area (Å²) in [5.41, 5.74) is 0.284. The number of likely N-dealkylation sites (tertiary alicyclic amines) is 1. The van der Waals surface area contributed by atoms with Crippen LogP contribution >= 0.6 is 15.9 Å². The van der Waals surface area contributed by atoms with E-state index in [0.29, 0.717) is 6.54 Å². The van der Waals surface area contributed by atoms with E-state index in [9.17, 15) is 14.0 Å². The summed E-state index contributed by atoms with van der Waals surface area (Å²) in [7, 11) is 1.33. The van der Waals surface area contributed by atoms with Crippen LogP contribution in [-0.4, -0.2) is 36.5 Å². The number of rotatable bonds is 3. The zero-order valence-electron chi connectivity index (χ0n) is 11.8. The molecule has 1 unspecified atom stereocenters. The Hall–Kier alpha value is -1.43. The number of nitrogens with zero attached hydrogens (tertiary/aromatic N) is 1. The first-order valence-electron chi connectivity index (χ1n) is 6.86. The van der Waals surface area contributed by atoms with Crippen LogP contribution in [0.15, 0.2) is 22.7 Å². The van der Waals surface area contributed by atoms with Gasteiger partial charge in [0.05, 0.1) is 23.6 Å². The van der Waals surface area contributed by atoms with Gasteiger partial charge in [-0.3, -0.25) is 9.59 Å². The summed E-state index contributed by atoms with van der Waals surface area (Å²) >= 11 is 3.12. The van der Waals surface area contributed by atoms with Crippen LogP contribution in [0.4, 0.5) is 4.39 Å². The number of carbonyl (C=O) groups excluding carboxylic acids is 2. The van der Waals surface area contributed by atoms with Crippen molar-refractivity contribution >= 4 is 27.8 Å². The van der Waals surface area contributed by atoms with Gasteiger partial charge in [0.25, 0.3) is 5.91 Å². The Labute approximate surface area is 131 Å². The highest BCUT2D eigenvalue weighted by atomic mass is 79.9. The van der Waals surface area contributed by atoms with Gasteiger partial charge < -0.3 is 9.64 Å². The minimum absolute atomic E-state index is 0.164. The van der Waals surface area contributed by atoms with E-state index < -0.39 is 5.82 Å². The van der Waals surface area contributed by atoms with Crippen molar-refractivity contribution in [2.24, 2.45) is 0 Å². The smallest absolute Gasteiger partial charge is 0.307 e. The van der Waals surface area contributed by atoms with E-state index in [0.717, 1.165) is 19.3 Å². The van der Waals surface area contributed by atoms with Crippen molar-refractivity contribution in [3.8, 4) is 0 Å². The normalized spacial score (nSPS) is 18.4. The third kappa shape index (κ3) is 3.61. The summed E-state index contributed by atoms with van der Waals surface area (Å²) in [5.74, 6) is -1.06. The summed E-state index contributed by atoms with van der Waals surface area (Å²) in [5, 5.41) is 0. The van der Waals surface area contributed by atoms with Gasteiger partial charge >= 0.3 is 5.97 Å². The molecule has 2 rings (SSSR count). The molecule has 4 nitrogen and oxygen atoms in total. The van der Waals surface area contributed by atoms with Gasteiger partial charge in [-0.2, -0.15) is 0 Å². The molecule has 1 heterocycles. The summed E-state index contributed by atoms with van der Waals surface area (Å²) in [4.78, 5) is 25.8. The number of esters is 1. The van der Waals surface area contributed by atoms with Crippen LogP contribution in [0.2, 0.25) is 0 Å². The number of amides is 1. The molecular formula is C15H17BrFNO3. The average Bonchev–Trinajstić information content (AvgIpc) is 2.50. The minimum Gasteiger partial charge on any atom is -0.469 e. The third-order valence-corrected chi connectivity index (χ3v) is 4.51. The van der Waals surface area contributed by atoms with E-state index >= 15 is 0 Å². The topological polar surface area (TPSA) is 46.6 Å². The molecule has 0 aromatic heterocycles. The highest BCUT2D eigenvalue weighted by Crippen LogP contribution is 2.26. The van der Waals surface area contributed by atoms with E-state index in [1.807, 2.05) is 0 Å². The lowest BCUT2D eigenvalue weighted by atomic mass is 9.98. The predicted molar refractivity (Wildman–Crippen MR) is 79.4 cm³/mol. The lowest BCUT2D eigenvalue weighted by Gasteiger charge is -2.35. The summed E-state index contributed by atoms with van der Waals surface area (Å²) in [6.45, 7) is 0.573. The van der Waals surface area contributed by atoms with E-state index in [4.69, 9.17) is 0 Å². The molecule has 0 radical (unpaired) electrons. The maximum absolute atomic E-state index is 13.6. The zero-order valence-corrected chi connectivity index (χ0v) is 13.4. The maximum atomic E-state index is 13.6. The van der Waals surface area contributed by atoms with Crippen LogP contribution in [0.1, 0.15) is 36.0 Å². The molecule has 1 aromatic rings. The van der Waals surface area contributed by atoms with Crippen LogP contribution in [0.25, 0.3) is 0 Å². The van der Waals surface area contributed by atoms with Crippen LogP contribution in [0.3, 0.4) is 0 Å². The first-order chi connectivity index (χ1) is 10.0. The van der Waals surface area contributed by atoms with E-state index in [-0.39, 0.29) is 34.4 Å². The van der Waals surface area contributed by atoms with Crippen molar-refractivity contribution in [1.82, 2.24) is 4.90 Å². The van der Waals surface area contributed by atoms with Crippen molar-refractivity contribution in [2.75, 3.05) is 13.7 Å². The number of benzene rings is 1. The van der Waals surface area contributed by atoms with E-state index in [1.165, 1.54) is 19.2 Å². The lowest BCUT2D eigenvalue weighted by molar-refractivity contribution is -0.142. The molecule has 0 aliphatic carbocycles. The summed E-state index contributed by atoms with van der Waals surface area (Å²) in [6.07, 6.45) is 2.79. The molecular weight excluding hydrogens is 341 g/mol. The SMILES string of the molecule is COC(=O)CC1CCCCN1C(=O)c1cccc(F)c1Br. The third-order valence-electron chi connectivity index (χ3n) is 3.70. The Morgan fingerprint density at radius 1 is 1.43 bits per heavy atom. The van der Waals surface area contributed by atoms with E-state index in [2.05, 4.69) is 20.7 Å². The highest BCUT2D eigenvalue weighted by molar-refractivity contribution is 9.10. The van der Waals surface area contributed by atoms with Crippen LogP contribution in [0, 0.1) is 5.82 Å². The molecule has 1 fully saturated rings. The molecule has 114 valence electrons. The summed E-state index contributed by atoms with van der Waals surface area (Å²) in [6, 6.07) is 4.20. The fourth-order valence-corrected chi connectivity index (χ4v) is 3.01. The number of piperidine rings is 1. The van der Waals surface area contributed by atoms with Crippen molar-refractivity contribution in [1.29, 1.82) is 0 Å². The van der Waals surface area contributed by atoms with Crippen molar-refractivity contribution in [3.63, 3.8) is 0 Å². The largest absolute Gasteiger partial charge is 0.469 e. The number of halogens is 2. The van der Waals surface area contributed by atoms with Gasteiger partial charge in [0.2, 0.25) is 0 Å². The molecule has 1 amide bonds. The molecule has 1 atom stereocenters. The van der Waals surface area contributed by atoms with Gasteiger partial charge in [-0.15, -0.1) is 0 Å². The minimum atomic E-state index is -0.470. The van der Waals surface area contributed by atoms with Crippen LogP contribution in [0.5, 0.6) is 0 Å². The highest BCUT2D eigenvalue weighted by Gasteiger charge is 2.30. The second-order valence-electron chi connectivity index (χ2n) is 5.03. The number of ether oxygens (including phenoxy) is 1. The van der Waals surface area contributed by atoms with Gasteiger partial charge in [0, 0.05) is 12.6 Å². The summed E-state index contributed by atoms with van der Waals surface area (Å²) < 4.78 is 18.4. The first kappa shape index (κ1) is 15.9. The van der Waals surface area contributed by atoms with Crippen molar-refractivity contribution < 1.29 is 18.7 Å². The molecule has 1 aromatic carbocycles. The van der Waals surface area contributed by atoms with Crippen LogP contribution < -0.4 is 0 Å². The van der Waals surface area contributed by atoms with E-state index in [1.54, 1.807) is 11.0 Å². The molecule has 0 N–H and O–H groups in total. The number of methoxy groups -OCH3 is 1. The fourth-order valence-electron chi connectivity index (χ4n) is 2.58. The second kappa shape index (κ2) is 7.02. The molecule has 0 spiro atoms. The van der Waals surface area contributed by atoms with Crippen molar-refractivity contribution in [3.05, 3.63) is 34.1 Å². The molecule has 1 aliphatic rings.